The van der Waals surface area contributed by atoms with Crippen LogP contribution in [0.2, 0.25) is 0 Å². The Morgan fingerprint density at radius 1 is 1.19 bits per heavy atom. The summed E-state index contributed by atoms with van der Waals surface area (Å²) in [6.07, 6.45) is 0.515. The van der Waals surface area contributed by atoms with Gasteiger partial charge in [0, 0.05) is 11.6 Å². The molecule has 1 aliphatic heterocycles. The highest BCUT2D eigenvalue weighted by molar-refractivity contribution is 5.96. The second-order valence-electron chi connectivity index (χ2n) is 6.20. The molecule has 7 nitrogen and oxygen atoms in total. The van der Waals surface area contributed by atoms with Gasteiger partial charge in [0.05, 0.1) is 25.9 Å². The van der Waals surface area contributed by atoms with Gasteiger partial charge in [0.15, 0.2) is 0 Å². The molecule has 138 valence electrons. The molecule has 2 atom stereocenters. The molecule has 0 aliphatic carbocycles. The third kappa shape index (κ3) is 3.58. The van der Waals surface area contributed by atoms with Crippen molar-refractivity contribution in [2.45, 2.75) is 25.4 Å². The molecule has 1 amide bonds. The van der Waals surface area contributed by atoms with E-state index < -0.39 is 6.04 Å². The summed E-state index contributed by atoms with van der Waals surface area (Å²) in [6, 6.07) is 10.2. The SMILES string of the molecule is COc1ccc(NC(=O)C2CC(c3cccc(C)c3O)NN2)c(OC)c1. The van der Waals surface area contributed by atoms with E-state index in [4.69, 9.17) is 9.47 Å². The van der Waals surface area contributed by atoms with Crippen LogP contribution in [-0.2, 0) is 4.79 Å². The lowest BCUT2D eigenvalue weighted by molar-refractivity contribution is -0.117. The lowest BCUT2D eigenvalue weighted by atomic mass is 9.99. The van der Waals surface area contributed by atoms with Crippen molar-refractivity contribution in [3.63, 3.8) is 0 Å². The number of phenolic OH excluding ortho intramolecular Hbond substituents is 1. The number of hydrogen-bond acceptors (Lipinski definition) is 6. The van der Waals surface area contributed by atoms with Crippen molar-refractivity contribution < 1.29 is 19.4 Å². The van der Waals surface area contributed by atoms with Crippen molar-refractivity contribution in [2.75, 3.05) is 19.5 Å². The van der Waals surface area contributed by atoms with Crippen LogP contribution in [0.5, 0.6) is 17.2 Å². The number of carbonyl (C=O) groups is 1. The second-order valence-corrected chi connectivity index (χ2v) is 6.20. The standard InChI is InChI=1S/C19H23N3O4/c1-11-5-4-6-13(18(11)23)15-10-16(22-21-15)19(24)20-14-8-7-12(25-2)9-17(14)26-3/h4-9,15-16,21-23H,10H2,1-3H3,(H,20,24). The summed E-state index contributed by atoms with van der Waals surface area (Å²) in [7, 11) is 3.11. The average Bonchev–Trinajstić information content (AvgIpc) is 3.14. The summed E-state index contributed by atoms with van der Waals surface area (Å²) in [5.74, 6) is 1.24. The molecule has 2 unspecified atom stereocenters. The number of amides is 1. The summed E-state index contributed by atoms with van der Waals surface area (Å²) in [4.78, 5) is 12.6. The predicted octanol–water partition coefficient (Wildman–Crippen LogP) is 2.26. The van der Waals surface area contributed by atoms with Crippen LogP contribution in [0.1, 0.15) is 23.6 Å². The number of hydrazine groups is 1. The molecule has 0 radical (unpaired) electrons. The molecular formula is C19H23N3O4. The topological polar surface area (TPSA) is 91.9 Å². The first-order valence-corrected chi connectivity index (χ1v) is 8.36. The van der Waals surface area contributed by atoms with Crippen molar-refractivity contribution in [3.8, 4) is 17.2 Å². The van der Waals surface area contributed by atoms with Crippen LogP contribution in [0.3, 0.4) is 0 Å². The molecule has 1 saturated heterocycles. The van der Waals surface area contributed by atoms with Gasteiger partial charge in [0.25, 0.3) is 0 Å². The summed E-state index contributed by atoms with van der Waals surface area (Å²) in [5, 5.41) is 13.1. The Balaban J connectivity index is 1.69. The van der Waals surface area contributed by atoms with Crippen molar-refractivity contribution in [1.29, 1.82) is 0 Å². The first-order valence-electron chi connectivity index (χ1n) is 8.36. The number of hydrogen-bond donors (Lipinski definition) is 4. The quantitative estimate of drug-likeness (QED) is 0.656. The monoisotopic (exact) mass is 357 g/mol. The first-order chi connectivity index (χ1) is 12.5. The number of methoxy groups -OCH3 is 2. The van der Waals surface area contributed by atoms with Crippen molar-refractivity contribution in [3.05, 3.63) is 47.5 Å². The molecule has 1 heterocycles. The van der Waals surface area contributed by atoms with Gasteiger partial charge in [-0.1, -0.05) is 18.2 Å². The largest absolute Gasteiger partial charge is 0.507 e. The Kier molecular flexibility index (Phi) is 5.29. The molecule has 3 rings (SSSR count). The first kappa shape index (κ1) is 18.0. The molecule has 2 aromatic carbocycles. The number of benzene rings is 2. The lowest BCUT2D eigenvalue weighted by Crippen LogP contribution is -2.39. The van der Waals surface area contributed by atoms with Gasteiger partial charge < -0.3 is 19.9 Å². The number of ether oxygens (including phenoxy) is 2. The summed E-state index contributed by atoms with van der Waals surface area (Å²) < 4.78 is 10.5. The van der Waals surface area contributed by atoms with Gasteiger partial charge in [-0.2, -0.15) is 0 Å². The highest BCUT2D eigenvalue weighted by atomic mass is 16.5. The zero-order valence-electron chi connectivity index (χ0n) is 15.0. The number of aryl methyl sites for hydroxylation is 1. The Hall–Kier alpha value is -2.77. The highest BCUT2D eigenvalue weighted by Crippen LogP contribution is 2.33. The van der Waals surface area contributed by atoms with Gasteiger partial charge in [-0.15, -0.1) is 0 Å². The maximum absolute atomic E-state index is 12.6. The maximum Gasteiger partial charge on any atom is 0.243 e. The normalized spacial score (nSPS) is 19.2. The van der Waals surface area contributed by atoms with Gasteiger partial charge in [-0.05, 0) is 31.0 Å². The van der Waals surface area contributed by atoms with Crippen LogP contribution >= 0.6 is 0 Å². The van der Waals surface area contributed by atoms with Crippen LogP contribution in [0.4, 0.5) is 5.69 Å². The molecule has 26 heavy (non-hydrogen) atoms. The van der Waals surface area contributed by atoms with E-state index in [2.05, 4.69) is 16.2 Å². The smallest absolute Gasteiger partial charge is 0.243 e. The molecule has 0 saturated carbocycles. The van der Waals surface area contributed by atoms with E-state index in [9.17, 15) is 9.90 Å². The van der Waals surface area contributed by atoms with Gasteiger partial charge >= 0.3 is 0 Å². The number of para-hydroxylation sites is 1. The minimum atomic E-state index is -0.438. The minimum absolute atomic E-state index is 0.150. The number of nitrogens with one attached hydrogen (secondary N) is 3. The van der Waals surface area contributed by atoms with E-state index in [1.54, 1.807) is 25.3 Å². The fourth-order valence-electron chi connectivity index (χ4n) is 3.02. The van der Waals surface area contributed by atoms with Crippen LogP contribution in [0.25, 0.3) is 0 Å². The fourth-order valence-corrected chi connectivity index (χ4v) is 3.02. The van der Waals surface area contributed by atoms with E-state index in [-0.39, 0.29) is 17.7 Å². The predicted molar refractivity (Wildman–Crippen MR) is 98.4 cm³/mol. The Bertz CT molecular complexity index is 809. The molecule has 0 aromatic heterocycles. The summed E-state index contributed by atoms with van der Waals surface area (Å²) in [6.45, 7) is 1.85. The molecule has 1 aliphatic rings. The summed E-state index contributed by atoms with van der Waals surface area (Å²) >= 11 is 0. The molecule has 7 heteroatoms. The van der Waals surface area contributed by atoms with E-state index >= 15 is 0 Å². The Morgan fingerprint density at radius 3 is 2.73 bits per heavy atom. The third-order valence-corrected chi connectivity index (χ3v) is 4.53. The molecule has 0 spiro atoms. The van der Waals surface area contributed by atoms with Gasteiger partial charge in [-0.25, -0.2) is 10.9 Å². The van der Waals surface area contributed by atoms with Crippen LogP contribution in [-0.4, -0.2) is 31.3 Å². The second kappa shape index (κ2) is 7.63. The number of anilines is 1. The third-order valence-electron chi connectivity index (χ3n) is 4.53. The van der Waals surface area contributed by atoms with E-state index in [1.165, 1.54) is 7.11 Å². The number of rotatable bonds is 5. The van der Waals surface area contributed by atoms with Crippen LogP contribution in [0.15, 0.2) is 36.4 Å². The number of carbonyl (C=O) groups excluding carboxylic acids is 1. The maximum atomic E-state index is 12.6. The Labute approximate surface area is 152 Å². The van der Waals surface area contributed by atoms with E-state index in [0.717, 1.165) is 11.1 Å². The zero-order valence-corrected chi connectivity index (χ0v) is 15.0. The van der Waals surface area contributed by atoms with Crippen LogP contribution in [0, 0.1) is 6.92 Å². The average molecular weight is 357 g/mol. The van der Waals surface area contributed by atoms with Gasteiger partial charge in [0.2, 0.25) is 5.91 Å². The van der Waals surface area contributed by atoms with Crippen molar-refractivity contribution in [1.82, 2.24) is 10.9 Å². The number of phenols is 1. The fraction of sp³-hybridized carbons (Fsp3) is 0.316. The van der Waals surface area contributed by atoms with Crippen molar-refractivity contribution >= 4 is 11.6 Å². The number of aromatic hydroxyl groups is 1. The molecule has 2 aromatic rings. The lowest BCUT2D eigenvalue weighted by Gasteiger charge is -2.14. The zero-order chi connectivity index (χ0) is 18.7. The van der Waals surface area contributed by atoms with Gasteiger partial charge in [0.1, 0.15) is 23.3 Å². The highest BCUT2D eigenvalue weighted by Gasteiger charge is 2.32. The van der Waals surface area contributed by atoms with Gasteiger partial charge in [-0.3, -0.25) is 4.79 Å². The van der Waals surface area contributed by atoms with E-state index in [0.29, 0.717) is 23.6 Å². The molecule has 4 N–H and O–H groups in total. The van der Waals surface area contributed by atoms with Crippen molar-refractivity contribution in [2.24, 2.45) is 0 Å². The Morgan fingerprint density at radius 2 is 2.00 bits per heavy atom. The molecular weight excluding hydrogens is 334 g/mol. The summed E-state index contributed by atoms with van der Waals surface area (Å²) in [5.41, 5.74) is 8.23. The van der Waals surface area contributed by atoms with Crippen LogP contribution < -0.4 is 25.6 Å². The molecule has 1 fully saturated rings. The van der Waals surface area contributed by atoms with E-state index in [1.807, 2.05) is 25.1 Å². The minimum Gasteiger partial charge on any atom is -0.507 e. The molecule has 0 bridgehead atoms.